The van der Waals surface area contributed by atoms with Crippen LogP contribution in [0.1, 0.15) is 28.8 Å². The molecule has 1 heterocycles. The first-order chi connectivity index (χ1) is 14.9. The average Bonchev–Trinajstić information content (AvgIpc) is 3.33. The number of nitrogens with one attached hydrogen (secondary N) is 1. The third-order valence-electron chi connectivity index (χ3n) is 4.88. The van der Waals surface area contributed by atoms with Gasteiger partial charge in [-0.25, -0.2) is 8.42 Å². The van der Waals surface area contributed by atoms with E-state index in [-0.39, 0.29) is 29.3 Å². The normalized spacial score (nSPS) is 14.2. The quantitative estimate of drug-likeness (QED) is 0.464. The van der Waals surface area contributed by atoms with Gasteiger partial charge < -0.3 is 10.1 Å². The lowest BCUT2D eigenvalue weighted by Gasteiger charge is -2.15. The van der Waals surface area contributed by atoms with Gasteiger partial charge in [-0.15, -0.1) is 0 Å². The molecule has 0 atom stereocenters. The number of amides is 1. The maximum atomic E-state index is 12.5. The fourth-order valence-corrected chi connectivity index (χ4v) is 4.70. The summed E-state index contributed by atoms with van der Waals surface area (Å²) >= 11 is 0. The molecule has 2 aromatic carbocycles. The van der Waals surface area contributed by atoms with Crippen LogP contribution < -0.4 is 5.32 Å². The highest BCUT2D eigenvalue weighted by Crippen LogP contribution is 2.21. The highest BCUT2D eigenvalue weighted by atomic mass is 32.2. The van der Waals surface area contributed by atoms with Crippen LogP contribution >= 0.6 is 0 Å². The molecule has 1 amide bonds. The molecule has 8 nitrogen and oxygen atoms in total. The Balaban J connectivity index is 1.44. The maximum Gasteiger partial charge on any atom is 0.325 e. The van der Waals surface area contributed by atoms with Crippen LogP contribution in [-0.2, 0) is 30.8 Å². The van der Waals surface area contributed by atoms with Gasteiger partial charge in [-0.3, -0.25) is 14.4 Å². The summed E-state index contributed by atoms with van der Waals surface area (Å²) in [7, 11) is -3.55. The predicted molar refractivity (Wildman–Crippen MR) is 113 cm³/mol. The van der Waals surface area contributed by atoms with E-state index in [1.165, 1.54) is 28.6 Å². The van der Waals surface area contributed by atoms with E-state index in [1.54, 1.807) is 12.1 Å². The molecule has 0 unspecified atom stereocenters. The van der Waals surface area contributed by atoms with Crippen LogP contribution in [0.15, 0.2) is 59.5 Å². The van der Waals surface area contributed by atoms with Crippen LogP contribution in [-0.4, -0.2) is 56.6 Å². The van der Waals surface area contributed by atoms with Crippen LogP contribution in [0.3, 0.4) is 0 Å². The highest BCUT2D eigenvalue weighted by molar-refractivity contribution is 7.89. The summed E-state index contributed by atoms with van der Waals surface area (Å²) in [5.41, 5.74) is 1.06. The number of carbonyl (C=O) groups is 3. The fourth-order valence-electron chi connectivity index (χ4n) is 3.19. The number of carbonyl (C=O) groups excluding carboxylic acids is 3. The van der Waals surface area contributed by atoms with Crippen molar-refractivity contribution in [3.63, 3.8) is 0 Å². The summed E-state index contributed by atoms with van der Waals surface area (Å²) in [4.78, 5) is 36.0. The van der Waals surface area contributed by atoms with Crippen molar-refractivity contribution in [3.8, 4) is 0 Å². The van der Waals surface area contributed by atoms with Crippen molar-refractivity contribution in [3.05, 3.63) is 65.7 Å². The summed E-state index contributed by atoms with van der Waals surface area (Å²) in [6.07, 6.45) is 1.82. The zero-order valence-electron chi connectivity index (χ0n) is 17.0. The molecule has 0 aliphatic carbocycles. The number of benzene rings is 2. The van der Waals surface area contributed by atoms with E-state index in [2.05, 4.69) is 5.32 Å². The molecule has 1 saturated heterocycles. The molecular weight excluding hydrogens is 420 g/mol. The van der Waals surface area contributed by atoms with Crippen LogP contribution in [0.4, 0.5) is 0 Å². The zero-order chi connectivity index (χ0) is 22.3. The molecule has 0 bridgehead atoms. The van der Waals surface area contributed by atoms with E-state index < -0.39 is 28.4 Å². The number of Topliss-reactive ketones (excluding diaryl/α,β-unsaturated/α-hetero) is 1. The Morgan fingerprint density at radius 1 is 0.935 bits per heavy atom. The Hall–Kier alpha value is -3.04. The number of hydrogen-bond acceptors (Lipinski definition) is 6. The Morgan fingerprint density at radius 2 is 1.58 bits per heavy atom. The molecule has 1 aliphatic rings. The Morgan fingerprint density at radius 3 is 2.23 bits per heavy atom. The fraction of sp³-hybridized carbons (Fsp3) is 0.318. The standard InChI is InChI=1S/C22H24N2O6S/c25-20(16-30-22(27)15-23-21(26)14-17-6-2-1-3-7-17)18-8-10-19(11-9-18)31(28,29)24-12-4-5-13-24/h1-3,6-11H,4-5,12-16H2,(H,23,26). The van der Waals surface area contributed by atoms with Crippen molar-refractivity contribution in [1.29, 1.82) is 0 Å². The molecule has 0 saturated carbocycles. The second-order valence-corrected chi connectivity index (χ2v) is 9.10. The number of ether oxygens (including phenoxy) is 1. The lowest BCUT2D eigenvalue weighted by atomic mass is 10.1. The van der Waals surface area contributed by atoms with E-state index in [0.717, 1.165) is 18.4 Å². The predicted octanol–water partition coefficient (Wildman–Crippen LogP) is 1.56. The minimum absolute atomic E-state index is 0.129. The topological polar surface area (TPSA) is 110 Å². The van der Waals surface area contributed by atoms with E-state index in [0.29, 0.717) is 13.1 Å². The minimum Gasteiger partial charge on any atom is -0.456 e. The van der Waals surface area contributed by atoms with Gasteiger partial charge in [0.15, 0.2) is 12.4 Å². The minimum atomic E-state index is -3.55. The molecule has 9 heteroatoms. The van der Waals surface area contributed by atoms with Gasteiger partial charge in [0.05, 0.1) is 11.3 Å². The molecule has 0 aromatic heterocycles. The molecule has 0 spiro atoms. The van der Waals surface area contributed by atoms with Gasteiger partial charge in [-0.2, -0.15) is 4.31 Å². The van der Waals surface area contributed by atoms with E-state index in [1.807, 2.05) is 18.2 Å². The average molecular weight is 445 g/mol. The summed E-state index contributed by atoms with van der Waals surface area (Å²) in [6, 6.07) is 14.7. The molecule has 1 fully saturated rings. The molecule has 164 valence electrons. The summed E-state index contributed by atoms with van der Waals surface area (Å²) in [6.45, 7) is 0.166. The molecule has 3 rings (SSSR count). The van der Waals surface area contributed by atoms with Crippen molar-refractivity contribution < 1.29 is 27.5 Å². The lowest BCUT2D eigenvalue weighted by Crippen LogP contribution is -2.32. The third-order valence-corrected chi connectivity index (χ3v) is 6.79. The van der Waals surface area contributed by atoms with Crippen LogP contribution in [0, 0.1) is 0 Å². The lowest BCUT2D eigenvalue weighted by molar-refractivity contribution is -0.142. The zero-order valence-corrected chi connectivity index (χ0v) is 17.8. The van der Waals surface area contributed by atoms with Crippen molar-refractivity contribution in [2.45, 2.75) is 24.2 Å². The van der Waals surface area contributed by atoms with Crippen molar-refractivity contribution >= 4 is 27.7 Å². The van der Waals surface area contributed by atoms with Crippen LogP contribution in [0.25, 0.3) is 0 Å². The van der Waals surface area contributed by atoms with Gasteiger partial charge in [0.25, 0.3) is 0 Å². The van der Waals surface area contributed by atoms with Gasteiger partial charge in [0.1, 0.15) is 6.54 Å². The van der Waals surface area contributed by atoms with Gasteiger partial charge in [0, 0.05) is 18.7 Å². The van der Waals surface area contributed by atoms with Crippen LogP contribution in [0.5, 0.6) is 0 Å². The molecule has 0 radical (unpaired) electrons. The molecule has 1 N–H and O–H groups in total. The first-order valence-electron chi connectivity index (χ1n) is 9.96. The van der Waals surface area contributed by atoms with Crippen molar-refractivity contribution in [1.82, 2.24) is 9.62 Å². The summed E-state index contributed by atoms with van der Waals surface area (Å²) < 4.78 is 31.4. The number of esters is 1. The van der Waals surface area contributed by atoms with Crippen LogP contribution in [0.2, 0.25) is 0 Å². The molecule has 31 heavy (non-hydrogen) atoms. The van der Waals surface area contributed by atoms with Gasteiger partial charge in [-0.1, -0.05) is 30.3 Å². The van der Waals surface area contributed by atoms with Gasteiger partial charge >= 0.3 is 5.97 Å². The van der Waals surface area contributed by atoms with E-state index >= 15 is 0 Å². The number of nitrogens with zero attached hydrogens (tertiary/aromatic N) is 1. The largest absolute Gasteiger partial charge is 0.456 e. The first kappa shape index (κ1) is 22.6. The van der Waals surface area contributed by atoms with Gasteiger partial charge in [-0.05, 0) is 42.7 Å². The number of sulfonamides is 1. The summed E-state index contributed by atoms with van der Waals surface area (Å²) in [5.74, 6) is -1.53. The van der Waals surface area contributed by atoms with E-state index in [9.17, 15) is 22.8 Å². The Labute approximate surface area is 181 Å². The number of hydrogen-bond donors (Lipinski definition) is 1. The maximum absolute atomic E-state index is 12.5. The smallest absolute Gasteiger partial charge is 0.325 e. The second-order valence-electron chi connectivity index (χ2n) is 7.16. The van der Waals surface area contributed by atoms with Gasteiger partial charge in [0.2, 0.25) is 15.9 Å². The van der Waals surface area contributed by atoms with Crippen molar-refractivity contribution in [2.75, 3.05) is 26.2 Å². The third kappa shape index (κ3) is 6.22. The number of ketones is 1. The monoisotopic (exact) mass is 444 g/mol. The Kier molecular flexibility index (Phi) is 7.54. The second kappa shape index (κ2) is 10.3. The van der Waals surface area contributed by atoms with Crippen molar-refractivity contribution in [2.24, 2.45) is 0 Å². The molecular formula is C22H24N2O6S. The summed E-state index contributed by atoms with van der Waals surface area (Å²) in [5, 5.41) is 2.45. The number of rotatable bonds is 9. The SMILES string of the molecule is O=C(Cc1ccccc1)NCC(=O)OCC(=O)c1ccc(S(=O)(=O)N2CCCC2)cc1. The first-order valence-corrected chi connectivity index (χ1v) is 11.4. The highest BCUT2D eigenvalue weighted by Gasteiger charge is 2.27. The van der Waals surface area contributed by atoms with E-state index in [4.69, 9.17) is 4.74 Å². The Bertz CT molecular complexity index is 1030. The molecule has 2 aromatic rings. The molecule has 1 aliphatic heterocycles.